The Bertz CT molecular complexity index is 1480. The van der Waals surface area contributed by atoms with Crippen molar-refractivity contribution in [3.63, 3.8) is 0 Å². The number of thiophene rings is 1. The van der Waals surface area contributed by atoms with E-state index in [1.165, 1.54) is 22.7 Å². The highest BCUT2D eigenvalue weighted by Crippen LogP contribution is 2.37. The molecule has 0 radical (unpaired) electrons. The monoisotopic (exact) mass is 602 g/mol. The number of fused-ring (bicyclic) bond motifs is 1. The molecule has 43 heavy (non-hydrogen) atoms. The molecule has 2 aromatic carbocycles. The number of anilines is 3. The number of Topliss-reactive ketones (excluding diaryl/α,β-unsaturated/α-hetero) is 1. The van der Waals surface area contributed by atoms with Crippen molar-refractivity contribution < 1.29 is 23.9 Å². The number of para-hydroxylation sites is 2. The van der Waals surface area contributed by atoms with Crippen LogP contribution in [0.1, 0.15) is 72.9 Å². The number of nitrogens with zero attached hydrogens (tertiary/aromatic N) is 2. The van der Waals surface area contributed by atoms with Crippen LogP contribution in [0.15, 0.2) is 66.0 Å². The Morgan fingerprint density at radius 3 is 2.40 bits per heavy atom. The number of ketones is 1. The molecule has 0 bridgehead atoms. The largest absolute Gasteiger partial charge is 0.456 e. The lowest BCUT2D eigenvalue weighted by Crippen LogP contribution is -2.55. The summed E-state index contributed by atoms with van der Waals surface area (Å²) >= 11 is 1.34. The van der Waals surface area contributed by atoms with Gasteiger partial charge in [0.15, 0.2) is 5.78 Å². The zero-order chi connectivity index (χ0) is 30.6. The summed E-state index contributed by atoms with van der Waals surface area (Å²) < 4.78 is 5.45. The van der Waals surface area contributed by atoms with Crippen molar-refractivity contribution in [3.05, 3.63) is 76.5 Å². The highest BCUT2D eigenvalue weighted by atomic mass is 32.1. The average molecular weight is 603 g/mol. The molecule has 5 rings (SSSR count). The quantitative estimate of drug-likeness (QED) is 0.244. The first-order chi connectivity index (χ1) is 20.6. The topological polar surface area (TPSA) is 108 Å². The first-order valence-electron chi connectivity index (χ1n) is 14.7. The van der Waals surface area contributed by atoms with E-state index in [2.05, 4.69) is 15.5 Å². The van der Waals surface area contributed by atoms with Crippen molar-refractivity contribution in [2.24, 2.45) is 0 Å². The SMILES string of the molecule is CC(C)(C)OC(=O)c1cccc(NC(=O)N[C@@H]2CN(C3CCCCC3)c3ccccc3N(CC(=O)c3cccs3)C2=O)c1. The highest BCUT2D eigenvalue weighted by molar-refractivity contribution is 7.12. The Hall–Kier alpha value is -4.18. The third-order valence-corrected chi connectivity index (χ3v) is 8.51. The second-order valence-electron chi connectivity index (χ2n) is 12.0. The maximum atomic E-state index is 14.2. The van der Waals surface area contributed by atoms with Gasteiger partial charge < -0.3 is 25.2 Å². The number of amides is 3. The van der Waals surface area contributed by atoms with Crippen LogP contribution in [-0.4, -0.2) is 54.5 Å². The smallest absolute Gasteiger partial charge is 0.338 e. The minimum absolute atomic E-state index is 0.132. The molecule has 1 saturated carbocycles. The number of carbonyl (C=O) groups is 4. The van der Waals surface area contributed by atoms with Crippen LogP contribution in [0.4, 0.5) is 21.9 Å². The van der Waals surface area contributed by atoms with Crippen LogP contribution in [0.3, 0.4) is 0 Å². The molecule has 1 aliphatic heterocycles. The lowest BCUT2D eigenvalue weighted by atomic mass is 9.93. The minimum atomic E-state index is -0.917. The van der Waals surface area contributed by atoms with E-state index in [-0.39, 0.29) is 30.8 Å². The lowest BCUT2D eigenvalue weighted by Gasteiger charge is -2.37. The molecule has 2 N–H and O–H groups in total. The predicted molar refractivity (Wildman–Crippen MR) is 169 cm³/mol. The number of rotatable bonds is 7. The van der Waals surface area contributed by atoms with Crippen molar-refractivity contribution in [2.75, 3.05) is 28.2 Å². The number of urea groups is 1. The summed E-state index contributed by atoms with van der Waals surface area (Å²) in [6.07, 6.45) is 5.37. The summed E-state index contributed by atoms with van der Waals surface area (Å²) in [6, 6.07) is 16.4. The fourth-order valence-corrected chi connectivity index (χ4v) is 6.33. The fourth-order valence-electron chi connectivity index (χ4n) is 5.67. The summed E-state index contributed by atoms with van der Waals surface area (Å²) in [5.74, 6) is -1.01. The van der Waals surface area contributed by atoms with Crippen molar-refractivity contribution >= 4 is 52.1 Å². The van der Waals surface area contributed by atoms with Gasteiger partial charge in [-0.1, -0.05) is 43.5 Å². The molecule has 1 aliphatic carbocycles. The van der Waals surface area contributed by atoms with Gasteiger partial charge in [0, 0.05) is 18.3 Å². The van der Waals surface area contributed by atoms with Gasteiger partial charge in [0.2, 0.25) is 0 Å². The molecule has 10 heteroatoms. The van der Waals surface area contributed by atoms with E-state index in [0.717, 1.165) is 31.4 Å². The van der Waals surface area contributed by atoms with Crippen LogP contribution in [0.2, 0.25) is 0 Å². The highest BCUT2D eigenvalue weighted by Gasteiger charge is 2.38. The van der Waals surface area contributed by atoms with Gasteiger partial charge in [0.25, 0.3) is 5.91 Å². The summed E-state index contributed by atoms with van der Waals surface area (Å²) in [5, 5.41) is 7.48. The number of ether oxygens (including phenoxy) is 1. The Morgan fingerprint density at radius 2 is 1.70 bits per heavy atom. The summed E-state index contributed by atoms with van der Waals surface area (Å²) in [5.41, 5.74) is 1.58. The van der Waals surface area contributed by atoms with E-state index in [9.17, 15) is 19.2 Å². The number of carbonyl (C=O) groups excluding carboxylic acids is 4. The van der Waals surface area contributed by atoms with Crippen LogP contribution in [0, 0.1) is 0 Å². The summed E-state index contributed by atoms with van der Waals surface area (Å²) in [7, 11) is 0. The molecule has 3 aromatic rings. The van der Waals surface area contributed by atoms with Crippen molar-refractivity contribution in [1.29, 1.82) is 0 Å². The van der Waals surface area contributed by atoms with E-state index in [0.29, 0.717) is 21.8 Å². The maximum Gasteiger partial charge on any atom is 0.338 e. The van der Waals surface area contributed by atoms with E-state index in [4.69, 9.17) is 4.74 Å². The summed E-state index contributed by atoms with van der Waals surface area (Å²) in [4.78, 5) is 57.6. The molecule has 0 saturated heterocycles. The molecule has 0 spiro atoms. The molecule has 1 atom stereocenters. The number of esters is 1. The second kappa shape index (κ2) is 13.0. The van der Waals surface area contributed by atoms with Gasteiger partial charge in [0.1, 0.15) is 11.6 Å². The predicted octanol–water partition coefficient (Wildman–Crippen LogP) is 6.26. The van der Waals surface area contributed by atoms with Crippen molar-refractivity contribution in [1.82, 2.24) is 5.32 Å². The average Bonchev–Trinajstić information content (AvgIpc) is 3.50. The van der Waals surface area contributed by atoms with Gasteiger partial charge >= 0.3 is 12.0 Å². The molecule has 1 aromatic heterocycles. The standard InChI is InChI=1S/C33H38N4O5S/c1-33(2,3)42-31(40)22-11-9-12-23(19-22)34-32(41)35-25-20-36(24-13-5-4-6-14-24)26-15-7-8-16-27(26)37(30(25)39)21-28(38)29-17-10-18-43-29/h7-12,15-19,24-25H,4-6,13-14,20-21H2,1-3H3,(H2,34,35,41)/t25-/m1/s1. The molecule has 3 amide bonds. The number of hydrogen-bond donors (Lipinski definition) is 2. The first-order valence-corrected chi connectivity index (χ1v) is 15.6. The Labute approximate surface area is 256 Å². The molecule has 226 valence electrons. The molecule has 1 fully saturated rings. The van der Waals surface area contributed by atoms with E-state index >= 15 is 0 Å². The molecule has 0 unspecified atom stereocenters. The van der Waals surface area contributed by atoms with Gasteiger partial charge in [-0.2, -0.15) is 0 Å². The second-order valence-corrected chi connectivity index (χ2v) is 12.9. The molecular formula is C33H38N4O5S. The van der Waals surface area contributed by atoms with Crippen molar-refractivity contribution in [2.45, 2.75) is 70.6 Å². The minimum Gasteiger partial charge on any atom is -0.456 e. The third kappa shape index (κ3) is 7.43. The van der Waals surface area contributed by atoms with Crippen LogP contribution >= 0.6 is 11.3 Å². The maximum absolute atomic E-state index is 14.2. The van der Waals surface area contributed by atoms with Gasteiger partial charge in [0.05, 0.1) is 28.4 Å². The Kier molecular flexibility index (Phi) is 9.15. The fraction of sp³-hybridized carbons (Fsp3) is 0.394. The summed E-state index contributed by atoms with van der Waals surface area (Å²) in [6.45, 7) is 5.51. The van der Waals surface area contributed by atoms with E-state index < -0.39 is 23.6 Å². The van der Waals surface area contributed by atoms with Gasteiger partial charge in [-0.15, -0.1) is 11.3 Å². The Morgan fingerprint density at radius 1 is 0.953 bits per heavy atom. The van der Waals surface area contributed by atoms with E-state index in [1.807, 2.05) is 35.7 Å². The third-order valence-electron chi connectivity index (χ3n) is 7.60. The van der Waals surface area contributed by atoms with Crippen LogP contribution in [0.25, 0.3) is 0 Å². The van der Waals surface area contributed by atoms with Gasteiger partial charge in [-0.3, -0.25) is 9.59 Å². The zero-order valence-corrected chi connectivity index (χ0v) is 25.6. The number of nitrogens with one attached hydrogen (secondary N) is 2. The van der Waals surface area contributed by atoms with Gasteiger partial charge in [-0.05, 0) is 75.4 Å². The number of hydrogen-bond acceptors (Lipinski definition) is 7. The van der Waals surface area contributed by atoms with Crippen LogP contribution in [-0.2, 0) is 9.53 Å². The lowest BCUT2D eigenvalue weighted by molar-refractivity contribution is -0.120. The van der Waals surface area contributed by atoms with Crippen LogP contribution < -0.4 is 20.4 Å². The first kappa shape index (κ1) is 30.3. The Balaban J connectivity index is 1.40. The van der Waals surface area contributed by atoms with Crippen LogP contribution in [0.5, 0.6) is 0 Å². The number of benzene rings is 2. The zero-order valence-electron chi connectivity index (χ0n) is 24.8. The molecular weight excluding hydrogens is 564 g/mol. The molecule has 2 heterocycles. The normalized spacial score (nSPS) is 17.6. The molecule has 2 aliphatic rings. The van der Waals surface area contributed by atoms with Crippen molar-refractivity contribution in [3.8, 4) is 0 Å². The van der Waals surface area contributed by atoms with Gasteiger partial charge in [-0.25, -0.2) is 9.59 Å². The van der Waals surface area contributed by atoms with E-state index in [1.54, 1.807) is 51.1 Å². The molecule has 9 nitrogen and oxygen atoms in total.